The molecule has 1 heterocycles. The maximum Gasteiger partial charge on any atom is 0.233 e. The van der Waals surface area contributed by atoms with Gasteiger partial charge in [-0.05, 0) is 31.4 Å². The van der Waals surface area contributed by atoms with Gasteiger partial charge < -0.3 is 5.32 Å². The van der Waals surface area contributed by atoms with Crippen LogP contribution in [0.25, 0.3) is 0 Å². The fourth-order valence-electron chi connectivity index (χ4n) is 2.16. The van der Waals surface area contributed by atoms with Crippen molar-refractivity contribution in [1.29, 1.82) is 0 Å². The summed E-state index contributed by atoms with van der Waals surface area (Å²) in [5, 5.41) is 3.24. The Morgan fingerprint density at radius 3 is 2.60 bits per heavy atom. The Balaban J connectivity index is 1.76. The highest BCUT2D eigenvalue weighted by Gasteiger charge is 2.26. The zero-order valence-corrected chi connectivity index (χ0v) is 9.65. The molecule has 1 saturated carbocycles. The van der Waals surface area contributed by atoms with E-state index in [4.69, 9.17) is 0 Å². The molecule has 1 amide bonds. The molecule has 0 radical (unpaired) electrons. The first-order valence-electron chi connectivity index (χ1n) is 5.69. The molecule has 3 nitrogen and oxygen atoms in total. The highest BCUT2D eigenvalue weighted by atomic mass is 32.2. The number of carbonyl (C=O) groups excluding carboxylic acids is 2. The van der Waals surface area contributed by atoms with E-state index in [0.717, 1.165) is 31.4 Å². The smallest absolute Gasteiger partial charge is 0.233 e. The Morgan fingerprint density at radius 2 is 2.00 bits per heavy atom. The van der Waals surface area contributed by atoms with E-state index in [1.807, 2.05) is 0 Å². The van der Waals surface area contributed by atoms with Crippen LogP contribution in [0, 0.1) is 0 Å². The molecule has 1 atom stereocenters. The predicted molar refractivity (Wildman–Crippen MR) is 60.9 cm³/mol. The molecular formula is C11H17NO2S. The van der Waals surface area contributed by atoms with Crippen molar-refractivity contribution in [2.24, 2.45) is 0 Å². The van der Waals surface area contributed by atoms with E-state index in [2.05, 4.69) is 5.32 Å². The van der Waals surface area contributed by atoms with Gasteiger partial charge in [0.2, 0.25) is 5.91 Å². The van der Waals surface area contributed by atoms with Gasteiger partial charge in [0.1, 0.15) is 5.78 Å². The van der Waals surface area contributed by atoms with Gasteiger partial charge in [-0.1, -0.05) is 0 Å². The van der Waals surface area contributed by atoms with Gasteiger partial charge in [-0.25, -0.2) is 0 Å². The Labute approximate surface area is 94.4 Å². The molecule has 1 aliphatic carbocycles. The van der Waals surface area contributed by atoms with Crippen molar-refractivity contribution in [3.8, 4) is 0 Å². The normalized spacial score (nSPS) is 28.0. The molecule has 0 aromatic rings. The Hall–Kier alpha value is -0.510. The summed E-state index contributed by atoms with van der Waals surface area (Å²) in [4.78, 5) is 22.8. The standard InChI is InChI=1S/C11H17NO2S/c13-9-5-3-8(4-6-9)12-11(14)10-2-1-7-15-10/h8,10H,1-7H2,(H,12,14). The second-order valence-corrected chi connectivity index (χ2v) is 5.63. The van der Waals surface area contributed by atoms with Crippen LogP contribution in [0.1, 0.15) is 38.5 Å². The first-order valence-corrected chi connectivity index (χ1v) is 6.74. The van der Waals surface area contributed by atoms with Crippen molar-refractivity contribution in [3.63, 3.8) is 0 Å². The number of nitrogens with one attached hydrogen (secondary N) is 1. The lowest BCUT2D eigenvalue weighted by molar-refractivity contribution is -0.124. The zero-order valence-electron chi connectivity index (χ0n) is 8.83. The fourth-order valence-corrected chi connectivity index (χ4v) is 3.33. The first kappa shape index (κ1) is 11.0. The minimum atomic E-state index is 0.169. The van der Waals surface area contributed by atoms with Crippen LogP contribution < -0.4 is 5.32 Å². The molecule has 4 heteroatoms. The summed E-state index contributed by atoms with van der Waals surface area (Å²) in [5.74, 6) is 1.65. The number of hydrogen-bond acceptors (Lipinski definition) is 3. The van der Waals surface area contributed by atoms with Gasteiger partial charge in [-0.15, -0.1) is 11.8 Å². The third kappa shape index (κ3) is 2.97. The van der Waals surface area contributed by atoms with E-state index in [1.165, 1.54) is 0 Å². The van der Waals surface area contributed by atoms with Crippen molar-refractivity contribution >= 4 is 23.5 Å². The minimum absolute atomic E-state index is 0.169. The maximum absolute atomic E-state index is 11.8. The molecule has 2 aliphatic rings. The summed E-state index contributed by atoms with van der Waals surface area (Å²) < 4.78 is 0. The number of amides is 1. The summed E-state index contributed by atoms with van der Waals surface area (Å²) in [6.45, 7) is 0. The fraction of sp³-hybridized carbons (Fsp3) is 0.818. The van der Waals surface area contributed by atoms with Gasteiger partial charge in [0.25, 0.3) is 0 Å². The largest absolute Gasteiger partial charge is 0.352 e. The number of Topliss-reactive ketones (excluding diaryl/α,β-unsaturated/α-hetero) is 1. The van der Waals surface area contributed by atoms with Crippen molar-refractivity contribution in [3.05, 3.63) is 0 Å². The Kier molecular flexibility index (Phi) is 3.67. The minimum Gasteiger partial charge on any atom is -0.352 e. The quantitative estimate of drug-likeness (QED) is 0.778. The molecule has 1 aliphatic heterocycles. The third-order valence-electron chi connectivity index (χ3n) is 3.11. The molecule has 0 spiro atoms. The maximum atomic E-state index is 11.8. The van der Waals surface area contributed by atoms with Crippen molar-refractivity contribution in [2.75, 3.05) is 5.75 Å². The third-order valence-corrected chi connectivity index (χ3v) is 4.49. The van der Waals surface area contributed by atoms with E-state index in [1.54, 1.807) is 11.8 Å². The molecule has 15 heavy (non-hydrogen) atoms. The highest BCUT2D eigenvalue weighted by molar-refractivity contribution is 8.00. The van der Waals surface area contributed by atoms with Gasteiger partial charge in [0.15, 0.2) is 0 Å². The van der Waals surface area contributed by atoms with Gasteiger partial charge in [-0.3, -0.25) is 9.59 Å². The molecule has 2 rings (SSSR count). The Morgan fingerprint density at radius 1 is 1.27 bits per heavy atom. The number of rotatable bonds is 2. The number of thioether (sulfide) groups is 1. The summed E-state index contributed by atoms with van der Waals surface area (Å²) in [6.07, 6.45) is 5.13. The molecule has 84 valence electrons. The molecule has 0 aromatic carbocycles. The average molecular weight is 227 g/mol. The summed E-state index contributed by atoms with van der Waals surface area (Å²) in [7, 11) is 0. The van der Waals surface area contributed by atoms with Crippen LogP contribution in [-0.2, 0) is 9.59 Å². The van der Waals surface area contributed by atoms with Gasteiger partial charge in [-0.2, -0.15) is 0 Å². The van der Waals surface area contributed by atoms with E-state index in [9.17, 15) is 9.59 Å². The average Bonchev–Trinajstić information content (AvgIpc) is 2.74. The summed E-state index contributed by atoms with van der Waals surface area (Å²) >= 11 is 1.76. The van der Waals surface area contributed by atoms with Gasteiger partial charge in [0, 0.05) is 18.9 Å². The van der Waals surface area contributed by atoms with Crippen molar-refractivity contribution in [1.82, 2.24) is 5.32 Å². The lowest BCUT2D eigenvalue weighted by Gasteiger charge is -2.23. The number of ketones is 1. The van der Waals surface area contributed by atoms with E-state index < -0.39 is 0 Å². The number of hydrogen-bond donors (Lipinski definition) is 1. The summed E-state index contributed by atoms with van der Waals surface area (Å²) in [5.41, 5.74) is 0. The van der Waals surface area contributed by atoms with Crippen LogP contribution in [0.5, 0.6) is 0 Å². The molecule has 0 bridgehead atoms. The van der Waals surface area contributed by atoms with Crippen LogP contribution in [-0.4, -0.2) is 28.7 Å². The van der Waals surface area contributed by atoms with E-state index >= 15 is 0 Å². The highest BCUT2D eigenvalue weighted by Crippen LogP contribution is 2.26. The van der Waals surface area contributed by atoms with Crippen LogP contribution in [0.15, 0.2) is 0 Å². The van der Waals surface area contributed by atoms with Crippen molar-refractivity contribution in [2.45, 2.75) is 49.8 Å². The van der Waals surface area contributed by atoms with Crippen LogP contribution >= 0.6 is 11.8 Å². The van der Waals surface area contributed by atoms with Crippen LogP contribution in [0.3, 0.4) is 0 Å². The Bertz CT molecular complexity index is 251. The molecule has 1 N–H and O–H groups in total. The molecule has 0 aromatic heterocycles. The summed E-state index contributed by atoms with van der Waals surface area (Å²) in [6, 6.07) is 0.247. The van der Waals surface area contributed by atoms with Gasteiger partial charge >= 0.3 is 0 Å². The monoisotopic (exact) mass is 227 g/mol. The lowest BCUT2D eigenvalue weighted by atomic mass is 9.94. The number of carbonyl (C=O) groups is 2. The second kappa shape index (κ2) is 5.01. The lowest BCUT2D eigenvalue weighted by Crippen LogP contribution is -2.41. The second-order valence-electron chi connectivity index (χ2n) is 4.32. The topological polar surface area (TPSA) is 46.2 Å². The molecule has 1 unspecified atom stereocenters. The van der Waals surface area contributed by atoms with Crippen LogP contribution in [0.2, 0.25) is 0 Å². The van der Waals surface area contributed by atoms with E-state index in [0.29, 0.717) is 18.6 Å². The van der Waals surface area contributed by atoms with E-state index in [-0.39, 0.29) is 17.2 Å². The zero-order chi connectivity index (χ0) is 10.7. The molecular weight excluding hydrogens is 210 g/mol. The van der Waals surface area contributed by atoms with Crippen LogP contribution in [0.4, 0.5) is 0 Å². The SMILES string of the molecule is O=C1CCC(NC(=O)C2CCCS2)CC1. The first-order chi connectivity index (χ1) is 7.25. The molecule has 2 fully saturated rings. The van der Waals surface area contributed by atoms with Crippen molar-refractivity contribution < 1.29 is 9.59 Å². The predicted octanol–water partition coefficient (Wildman–Crippen LogP) is 1.51. The van der Waals surface area contributed by atoms with Gasteiger partial charge in [0.05, 0.1) is 5.25 Å². The molecule has 1 saturated heterocycles.